The summed E-state index contributed by atoms with van der Waals surface area (Å²) in [5.74, 6) is 1.66. The van der Waals surface area contributed by atoms with E-state index in [0.717, 1.165) is 43.4 Å². The van der Waals surface area contributed by atoms with Crippen LogP contribution in [0, 0.1) is 0 Å². The van der Waals surface area contributed by atoms with E-state index in [1.807, 2.05) is 23.2 Å². The van der Waals surface area contributed by atoms with Gasteiger partial charge in [-0.1, -0.05) is 27.5 Å². The summed E-state index contributed by atoms with van der Waals surface area (Å²) in [6, 6.07) is 5.38. The molecule has 1 N–H and O–H groups in total. The maximum Gasteiger partial charge on any atom is 0.321 e. The van der Waals surface area contributed by atoms with Crippen molar-refractivity contribution in [3.63, 3.8) is 0 Å². The van der Waals surface area contributed by atoms with E-state index in [4.69, 9.17) is 16.6 Å². The summed E-state index contributed by atoms with van der Waals surface area (Å²) < 4.78 is 3.30. The molecular formula is C19H22BrClN4O. The Morgan fingerprint density at radius 3 is 2.81 bits per heavy atom. The lowest BCUT2D eigenvalue weighted by Crippen LogP contribution is -2.41. The van der Waals surface area contributed by atoms with Crippen LogP contribution in [-0.2, 0) is 13.0 Å². The molecule has 4 rings (SSSR count). The van der Waals surface area contributed by atoms with Crippen LogP contribution in [0.5, 0.6) is 0 Å². The largest absolute Gasteiger partial charge is 0.332 e. The van der Waals surface area contributed by atoms with Gasteiger partial charge in [0, 0.05) is 41.9 Å². The SMILES string of the molecule is O=C(Nc1ccc(Br)cc1Cl)N1CCC(c2ncc3n2CCCC3)CC1. The van der Waals surface area contributed by atoms with E-state index >= 15 is 0 Å². The van der Waals surface area contributed by atoms with Gasteiger partial charge in [0.2, 0.25) is 0 Å². The van der Waals surface area contributed by atoms with Crippen LogP contribution in [0.15, 0.2) is 28.9 Å². The van der Waals surface area contributed by atoms with Gasteiger partial charge < -0.3 is 14.8 Å². The molecule has 0 radical (unpaired) electrons. The number of carbonyl (C=O) groups excluding carboxylic acids is 1. The van der Waals surface area contributed by atoms with Crippen molar-refractivity contribution in [2.45, 2.75) is 44.6 Å². The number of aromatic nitrogens is 2. The second kappa shape index (κ2) is 7.61. The number of aryl methyl sites for hydroxylation is 1. The lowest BCUT2D eigenvalue weighted by molar-refractivity contribution is 0.192. The first-order valence-electron chi connectivity index (χ1n) is 9.17. The smallest absolute Gasteiger partial charge is 0.321 e. The van der Waals surface area contributed by atoms with Crippen molar-refractivity contribution in [2.75, 3.05) is 18.4 Å². The Morgan fingerprint density at radius 2 is 2.04 bits per heavy atom. The summed E-state index contributed by atoms with van der Waals surface area (Å²) in [6.07, 6.45) is 7.61. The molecule has 0 unspecified atom stereocenters. The van der Waals surface area contributed by atoms with Gasteiger partial charge in [-0.3, -0.25) is 0 Å². The molecule has 1 fully saturated rings. The number of hydrogen-bond donors (Lipinski definition) is 1. The summed E-state index contributed by atoms with van der Waals surface area (Å²) in [4.78, 5) is 19.1. The maximum atomic E-state index is 12.6. The molecular weight excluding hydrogens is 416 g/mol. The number of likely N-dealkylation sites (tertiary alicyclic amines) is 1. The van der Waals surface area contributed by atoms with Crippen molar-refractivity contribution in [1.29, 1.82) is 0 Å². The molecule has 1 aromatic heterocycles. The Kier molecular flexibility index (Phi) is 5.23. The molecule has 0 atom stereocenters. The highest BCUT2D eigenvalue weighted by molar-refractivity contribution is 9.10. The number of rotatable bonds is 2. The Labute approximate surface area is 166 Å². The number of amides is 2. The van der Waals surface area contributed by atoms with Crippen LogP contribution < -0.4 is 5.32 Å². The van der Waals surface area contributed by atoms with Crippen molar-refractivity contribution >= 4 is 39.2 Å². The topological polar surface area (TPSA) is 50.2 Å². The first kappa shape index (κ1) is 17.9. The van der Waals surface area contributed by atoms with Crippen LogP contribution in [0.3, 0.4) is 0 Å². The average molecular weight is 438 g/mol. The molecule has 0 spiro atoms. The monoisotopic (exact) mass is 436 g/mol. The first-order valence-corrected chi connectivity index (χ1v) is 10.3. The molecule has 1 aromatic carbocycles. The third-order valence-corrected chi connectivity index (χ3v) is 6.16. The van der Waals surface area contributed by atoms with Gasteiger partial charge in [-0.15, -0.1) is 0 Å². The molecule has 5 nitrogen and oxygen atoms in total. The van der Waals surface area contributed by atoms with Gasteiger partial charge >= 0.3 is 6.03 Å². The summed E-state index contributed by atoms with van der Waals surface area (Å²) in [6.45, 7) is 2.58. The molecule has 26 heavy (non-hydrogen) atoms. The van der Waals surface area contributed by atoms with E-state index in [1.165, 1.54) is 24.4 Å². The Morgan fingerprint density at radius 1 is 1.23 bits per heavy atom. The van der Waals surface area contributed by atoms with Crippen LogP contribution in [-0.4, -0.2) is 33.6 Å². The van der Waals surface area contributed by atoms with Crippen molar-refractivity contribution in [1.82, 2.24) is 14.5 Å². The van der Waals surface area contributed by atoms with Crippen molar-refractivity contribution in [2.24, 2.45) is 0 Å². The van der Waals surface area contributed by atoms with Crippen molar-refractivity contribution < 1.29 is 4.79 Å². The Balaban J connectivity index is 1.37. The number of urea groups is 1. The predicted molar refractivity (Wildman–Crippen MR) is 107 cm³/mol. The quantitative estimate of drug-likeness (QED) is 0.715. The zero-order valence-electron chi connectivity index (χ0n) is 14.5. The normalized spacial score (nSPS) is 17.8. The molecule has 2 aromatic rings. The van der Waals surface area contributed by atoms with Gasteiger partial charge in [-0.05, 0) is 50.3 Å². The molecule has 0 aliphatic carbocycles. The second-order valence-corrected chi connectivity index (χ2v) is 8.35. The van der Waals surface area contributed by atoms with Crippen LogP contribution in [0.4, 0.5) is 10.5 Å². The van der Waals surface area contributed by atoms with E-state index < -0.39 is 0 Å². The molecule has 138 valence electrons. The molecule has 3 heterocycles. The molecule has 2 amide bonds. The van der Waals surface area contributed by atoms with E-state index in [9.17, 15) is 4.79 Å². The number of fused-ring (bicyclic) bond motifs is 1. The third kappa shape index (κ3) is 3.62. The molecule has 2 aliphatic rings. The summed E-state index contributed by atoms with van der Waals surface area (Å²) in [5.41, 5.74) is 2.01. The minimum atomic E-state index is -0.0854. The number of nitrogens with zero attached hydrogens (tertiary/aromatic N) is 3. The number of carbonyl (C=O) groups is 1. The fourth-order valence-corrected chi connectivity index (χ4v) is 4.63. The molecule has 0 saturated carbocycles. The minimum Gasteiger partial charge on any atom is -0.332 e. The molecule has 1 saturated heterocycles. The maximum absolute atomic E-state index is 12.6. The summed E-state index contributed by atoms with van der Waals surface area (Å²) in [5, 5.41) is 3.45. The summed E-state index contributed by atoms with van der Waals surface area (Å²) in [7, 11) is 0. The van der Waals surface area contributed by atoms with Crippen LogP contribution in [0.2, 0.25) is 5.02 Å². The average Bonchev–Trinajstić information content (AvgIpc) is 3.08. The minimum absolute atomic E-state index is 0.0854. The number of imidazole rings is 1. The number of benzene rings is 1. The van der Waals surface area contributed by atoms with Gasteiger partial charge in [0.25, 0.3) is 0 Å². The molecule has 7 heteroatoms. The standard InChI is InChI=1S/C19H22BrClN4O/c20-14-4-5-17(16(21)11-14)23-19(26)24-9-6-13(7-10-24)18-22-12-15-3-1-2-8-25(15)18/h4-5,11-13H,1-3,6-10H2,(H,23,26). The zero-order chi connectivity index (χ0) is 18.1. The van der Waals surface area contributed by atoms with Gasteiger partial charge in [-0.25, -0.2) is 9.78 Å². The van der Waals surface area contributed by atoms with Crippen LogP contribution in [0.1, 0.15) is 43.1 Å². The highest BCUT2D eigenvalue weighted by Gasteiger charge is 2.28. The lowest BCUT2D eigenvalue weighted by atomic mass is 9.95. The van der Waals surface area contributed by atoms with Gasteiger partial charge in [0.15, 0.2) is 0 Å². The van der Waals surface area contributed by atoms with Crippen molar-refractivity contribution in [3.05, 3.63) is 45.4 Å². The van der Waals surface area contributed by atoms with Crippen LogP contribution >= 0.6 is 27.5 Å². The summed E-state index contributed by atoms with van der Waals surface area (Å²) >= 11 is 9.57. The Bertz CT molecular complexity index is 814. The molecule has 0 bridgehead atoms. The van der Waals surface area contributed by atoms with E-state index in [-0.39, 0.29) is 6.03 Å². The third-order valence-electron chi connectivity index (χ3n) is 5.35. The second-order valence-electron chi connectivity index (χ2n) is 7.03. The fourth-order valence-electron chi connectivity index (χ4n) is 3.91. The highest BCUT2D eigenvalue weighted by atomic mass is 79.9. The van der Waals surface area contributed by atoms with Crippen LogP contribution in [0.25, 0.3) is 0 Å². The van der Waals surface area contributed by atoms with Gasteiger partial charge in [-0.2, -0.15) is 0 Å². The predicted octanol–water partition coefficient (Wildman–Crippen LogP) is 5.05. The Hall–Kier alpha value is -1.53. The van der Waals surface area contributed by atoms with Gasteiger partial charge in [0.05, 0.1) is 10.7 Å². The van der Waals surface area contributed by atoms with E-state index in [1.54, 1.807) is 6.07 Å². The van der Waals surface area contributed by atoms with E-state index in [0.29, 0.717) is 16.6 Å². The van der Waals surface area contributed by atoms with Crippen molar-refractivity contribution in [3.8, 4) is 0 Å². The number of piperidine rings is 1. The first-order chi connectivity index (χ1) is 12.6. The fraction of sp³-hybridized carbons (Fsp3) is 0.474. The number of hydrogen-bond acceptors (Lipinski definition) is 2. The zero-order valence-corrected chi connectivity index (χ0v) is 16.9. The lowest BCUT2D eigenvalue weighted by Gasteiger charge is -2.32. The number of halogens is 2. The number of nitrogens with one attached hydrogen (secondary N) is 1. The molecule has 2 aliphatic heterocycles. The highest BCUT2D eigenvalue weighted by Crippen LogP contribution is 2.31. The number of anilines is 1. The van der Waals surface area contributed by atoms with Gasteiger partial charge in [0.1, 0.15) is 5.82 Å². The van der Waals surface area contributed by atoms with E-state index in [2.05, 4.69) is 25.8 Å².